The van der Waals surface area contributed by atoms with Crippen molar-refractivity contribution in [2.45, 2.75) is 64.1 Å². The van der Waals surface area contributed by atoms with Gasteiger partial charge < -0.3 is 20.0 Å². The second-order valence-electron chi connectivity index (χ2n) is 10.3. The van der Waals surface area contributed by atoms with Gasteiger partial charge in [-0.15, -0.1) is 0 Å². The van der Waals surface area contributed by atoms with Gasteiger partial charge in [0, 0.05) is 31.2 Å². The number of anilines is 1. The molecule has 3 amide bonds. The smallest absolute Gasteiger partial charge is 0.256 e. The van der Waals surface area contributed by atoms with Crippen LogP contribution in [0, 0.1) is 0 Å². The number of fused-ring (bicyclic) bond motifs is 2. The van der Waals surface area contributed by atoms with E-state index in [1.165, 1.54) is 19.3 Å². The number of para-hydroxylation sites is 1. The number of hydrogen-bond acceptors (Lipinski definition) is 4. The third-order valence-electron chi connectivity index (χ3n) is 7.90. The van der Waals surface area contributed by atoms with Gasteiger partial charge in [0.15, 0.2) is 0 Å². The Morgan fingerprint density at radius 3 is 2.58 bits per heavy atom. The Morgan fingerprint density at radius 1 is 0.972 bits per heavy atom. The Morgan fingerprint density at radius 2 is 1.78 bits per heavy atom. The molecule has 2 aromatic rings. The predicted octanol–water partition coefficient (Wildman–Crippen LogP) is 3.83. The van der Waals surface area contributed by atoms with Crippen LogP contribution >= 0.6 is 0 Å². The summed E-state index contributed by atoms with van der Waals surface area (Å²) in [7, 11) is 0. The lowest BCUT2D eigenvalue weighted by Gasteiger charge is -2.33. The van der Waals surface area contributed by atoms with Crippen molar-refractivity contribution < 1.29 is 14.4 Å². The van der Waals surface area contributed by atoms with E-state index in [9.17, 15) is 14.4 Å². The van der Waals surface area contributed by atoms with Crippen LogP contribution in [-0.2, 0) is 11.3 Å². The topological polar surface area (TPSA) is 73.0 Å². The molecule has 3 aliphatic rings. The van der Waals surface area contributed by atoms with E-state index < -0.39 is 6.04 Å². The number of carbonyl (C=O) groups is 3. The minimum Gasteiger partial charge on any atom is -0.352 e. The van der Waals surface area contributed by atoms with Crippen molar-refractivity contribution in [1.82, 2.24) is 15.1 Å². The van der Waals surface area contributed by atoms with E-state index >= 15 is 0 Å². The molecule has 0 aromatic heterocycles. The zero-order chi connectivity index (χ0) is 25.1. The first-order valence-electron chi connectivity index (χ1n) is 13.4. The maximum Gasteiger partial charge on any atom is 0.256 e. The van der Waals surface area contributed by atoms with E-state index in [1.807, 2.05) is 42.5 Å². The number of piperidine rings is 1. The van der Waals surface area contributed by atoms with E-state index in [1.54, 1.807) is 15.9 Å². The summed E-state index contributed by atoms with van der Waals surface area (Å²) in [5.41, 5.74) is 2.77. The number of hydrogen-bond donors (Lipinski definition) is 1. The fourth-order valence-electron chi connectivity index (χ4n) is 5.79. The molecule has 0 bridgehead atoms. The maximum absolute atomic E-state index is 13.5. The van der Waals surface area contributed by atoms with Crippen molar-refractivity contribution in [2.75, 3.05) is 31.1 Å². The molecule has 0 spiro atoms. The summed E-state index contributed by atoms with van der Waals surface area (Å²) in [6.07, 6.45) is 6.35. The Bertz CT molecular complexity index is 1120. The average molecular weight is 489 g/mol. The lowest BCUT2D eigenvalue weighted by Crippen LogP contribution is -2.44. The lowest BCUT2D eigenvalue weighted by atomic mass is 10.0. The van der Waals surface area contributed by atoms with Gasteiger partial charge >= 0.3 is 0 Å². The minimum atomic E-state index is -0.400. The largest absolute Gasteiger partial charge is 0.352 e. The van der Waals surface area contributed by atoms with Crippen LogP contribution in [0.25, 0.3) is 0 Å². The second-order valence-corrected chi connectivity index (χ2v) is 10.3. The SMILES string of the molecule is CC1CCCCN1CCCNC(=O)c1ccc(CN2C(=O)C3CCCN3C(=O)c3ccccc32)cc1. The number of likely N-dealkylation sites (tertiary alicyclic amines) is 1. The number of rotatable bonds is 7. The van der Waals surface area contributed by atoms with E-state index in [0.29, 0.717) is 48.9 Å². The van der Waals surface area contributed by atoms with Gasteiger partial charge in [-0.3, -0.25) is 14.4 Å². The van der Waals surface area contributed by atoms with Crippen molar-refractivity contribution in [3.05, 3.63) is 65.2 Å². The van der Waals surface area contributed by atoms with Crippen molar-refractivity contribution in [3.8, 4) is 0 Å². The molecule has 1 N–H and O–H groups in total. The third-order valence-corrected chi connectivity index (χ3v) is 7.90. The minimum absolute atomic E-state index is 0.0318. The summed E-state index contributed by atoms with van der Waals surface area (Å²) in [5, 5.41) is 3.04. The molecule has 0 saturated carbocycles. The Labute approximate surface area is 213 Å². The molecular formula is C29H36N4O3. The van der Waals surface area contributed by atoms with Crippen LogP contribution < -0.4 is 10.2 Å². The molecule has 2 fully saturated rings. The van der Waals surface area contributed by atoms with Crippen molar-refractivity contribution in [2.24, 2.45) is 0 Å². The molecule has 2 aromatic carbocycles. The quantitative estimate of drug-likeness (QED) is 0.602. The Kier molecular flexibility index (Phi) is 7.37. The van der Waals surface area contributed by atoms with Gasteiger partial charge in [0.1, 0.15) is 6.04 Å². The van der Waals surface area contributed by atoms with Crippen LogP contribution in [0.1, 0.15) is 71.7 Å². The molecule has 7 heteroatoms. The summed E-state index contributed by atoms with van der Waals surface area (Å²) in [5.74, 6) is -0.169. The summed E-state index contributed by atoms with van der Waals surface area (Å²) in [6.45, 7) is 6.12. The summed E-state index contributed by atoms with van der Waals surface area (Å²) < 4.78 is 0. The number of nitrogens with one attached hydrogen (secondary N) is 1. The molecule has 2 saturated heterocycles. The van der Waals surface area contributed by atoms with E-state index in [4.69, 9.17) is 0 Å². The molecule has 7 nitrogen and oxygen atoms in total. The first-order chi connectivity index (χ1) is 17.5. The molecule has 3 heterocycles. The van der Waals surface area contributed by atoms with Gasteiger partial charge in [0.05, 0.1) is 17.8 Å². The molecule has 36 heavy (non-hydrogen) atoms. The highest BCUT2D eigenvalue weighted by atomic mass is 16.2. The third kappa shape index (κ3) is 5.03. The fraction of sp³-hybridized carbons (Fsp3) is 0.483. The fourth-order valence-corrected chi connectivity index (χ4v) is 5.79. The second kappa shape index (κ2) is 10.8. The molecule has 0 aliphatic carbocycles. The number of nitrogens with zero attached hydrogens (tertiary/aromatic N) is 3. The van der Waals surface area contributed by atoms with Crippen LogP contribution in [0.2, 0.25) is 0 Å². The van der Waals surface area contributed by atoms with Crippen LogP contribution in [0.5, 0.6) is 0 Å². The Balaban J connectivity index is 1.21. The molecule has 5 rings (SSSR count). The van der Waals surface area contributed by atoms with E-state index in [-0.39, 0.29) is 17.7 Å². The summed E-state index contributed by atoms with van der Waals surface area (Å²) in [4.78, 5) is 45.2. The van der Waals surface area contributed by atoms with Gasteiger partial charge in [0.2, 0.25) is 5.91 Å². The van der Waals surface area contributed by atoms with Crippen LogP contribution in [0.15, 0.2) is 48.5 Å². The molecular weight excluding hydrogens is 452 g/mol. The van der Waals surface area contributed by atoms with E-state index in [0.717, 1.165) is 31.5 Å². The average Bonchev–Trinajstić information content (AvgIpc) is 3.38. The summed E-state index contributed by atoms with van der Waals surface area (Å²) >= 11 is 0. The Hall–Kier alpha value is -3.19. The highest BCUT2D eigenvalue weighted by Gasteiger charge is 2.41. The van der Waals surface area contributed by atoms with Gasteiger partial charge in [-0.05, 0) is 75.4 Å². The first kappa shape index (κ1) is 24.5. The molecule has 190 valence electrons. The highest BCUT2D eigenvalue weighted by Crippen LogP contribution is 2.33. The number of amides is 3. The van der Waals surface area contributed by atoms with Crippen molar-refractivity contribution in [3.63, 3.8) is 0 Å². The predicted molar refractivity (Wildman–Crippen MR) is 140 cm³/mol. The number of benzene rings is 2. The molecule has 2 unspecified atom stereocenters. The van der Waals surface area contributed by atoms with Gasteiger partial charge in [-0.1, -0.05) is 30.7 Å². The van der Waals surface area contributed by atoms with Crippen LogP contribution in [0.4, 0.5) is 5.69 Å². The standard InChI is InChI=1S/C29H36N4O3/c1-21-8-4-5-17-31(21)18-7-16-30-27(34)23-14-12-22(13-15-23)20-33-25-10-3-2-9-24(25)28(35)32-19-6-11-26(32)29(33)36/h2-3,9-10,12-15,21,26H,4-8,11,16-20H2,1H3,(H,30,34). The zero-order valence-electron chi connectivity index (χ0n) is 21.1. The highest BCUT2D eigenvalue weighted by molar-refractivity contribution is 6.11. The van der Waals surface area contributed by atoms with Gasteiger partial charge in [-0.25, -0.2) is 0 Å². The lowest BCUT2D eigenvalue weighted by molar-refractivity contribution is -0.122. The summed E-state index contributed by atoms with van der Waals surface area (Å²) in [6, 6.07) is 15.0. The van der Waals surface area contributed by atoms with Crippen LogP contribution in [0.3, 0.4) is 0 Å². The first-order valence-corrected chi connectivity index (χ1v) is 13.4. The number of carbonyl (C=O) groups excluding carboxylic acids is 3. The monoisotopic (exact) mass is 488 g/mol. The van der Waals surface area contributed by atoms with Gasteiger partial charge in [-0.2, -0.15) is 0 Å². The molecule has 0 radical (unpaired) electrons. The molecule has 2 atom stereocenters. The zero-order valence-corrected chi connectivity index (χ0v) is 21.1. The van der Waals surface area contributed by atoms with Crippen molar-refractivity contribution in [1.29, 1.82) is 0 Å². The van der Waals surface area contributed by atoms with Crippen molar-refractivity contribution >= 4 is 23.4 Å². The van der Waals surface area contributed by atoms with Crippen LogP contribution in [-0.4, -0.2) is 65.8 Å². The maximum atomic E-state index is 13.5. The normalized spacial score (nSPS) is 22.2. The van der Waals surface area contributed by atoms with E-state index in [2.05, 4.69) is 17.1 Å². The van der Waals surface area contributed by atoms with Gasteiger partial charge in [0.25, 0.3) is 11.8 Å². The molecule has 3 aliphatic heterocycles.